The average molecular weight is 489 g/mol. The van der Waals surface area contributed by atoms with E-state index in [-0.39, 0.29) is 0 Å². The van der Waals surface area contributed by atoms with Crippen molar-refractivity contribution in [2.45, 2.75) is 103 Å². The van der Waals surface area contributed by atoms with Gasteiger partial charge in [0, 0.05) is 0 Å². The quantitative estimate of drug-likeness (QED) is 0.186. The van der Waals surface area contributed by atoms with E-state index in [4.69, 9.17) is 3.07 Å². The molecule has 0 amide bonds. The molecule has 154 valence electrons. The zero-order valence-corrected chi connectivity index (χ0v) is 19.0. The number of rotatable bonds is 15. The summed E-state index contributed by atoms with van der Waals surface area (Å²) in [6, 6.07) is 1.75. The van der Waals surface area contributed by atoms with Crippen LogP contribution in [0, 0.1) is 3.57 Å². The second-order valence-corrected chi connectivity index (χ2v) is 10.5. The molecular weight excluding hydrogens is 453 g/mol. The third-order valence-electron chi connectivity index (χ3n) is 5.27. The van der Waals surface area contributed by atoms with Gasteiger partial charge in [-0.1, -0.05) is 45.4 Å². The Morgan fingerprint density at radius 1 is 0.889 bits per heavy atom. The summed E-state index contributed by atoms with van der Waals surface area (Å²) in [6.45, 7) is 3.19. The summed E-state index contributed by atoms with van der Waals surface area (Å²) < 4.78 is 19.4. The van der Waals surface area contributed by atoms with Crippen LogP contribution in [-0.2, 0) is 9.61 Å². The molecule has 1 aliphatic heterocycles. The number of carbonyl (C=O) groups is 1. The molecule has 1 aliphatic rings. The first-order valence-electron chi connectivity index (χ1n) is 10.9. The molecule has 0 radical (unpaired) electrons. The first-order chi connectivity index (χ1) is 13.2. The first-order valence-corrected chi connectivity index (χ1v) is 13.7. The van der Waals surface area contributed by atoms with Crippen LogP contribution in [0.3, 0.4) is 0 Å². The number of fused-ring (bicyclic) bond motifs is 1. The number of nitrogens with zero attached hydrogens (tertiary/aromatic N) is 1. The van der Waals surface area contributed by atoms with Crippen LogP contribution in [0.1, 0.15) is 107 Å². The number of aryl methyl sites for hydroxylation is 1. The summed E-state index contributed by atoms with van der Waals surface area (Å²) in [7, 11) is 0. The van der Waals surface area contributed by atoms with Gasteiger partial charge in [-0.15, -0.1) is 0 Å². The van der Waals surface area contributed by atoms with Crippen molar-refractivity contribution < 1.29 is 15.9 Å². The maximum atomic E-state index is 11.8. The van der Waals surface area contributed by atoms with Crippen molar-refractivity contribution in [3.63, 3.8) is 0 Å². The topological polar surface area (TPSA) is 53.2 Å². The molecule has 2 rings (SSSR count). The SMILES string of the molecule is CCCCCCCCCCCCCCCC[n+]1ccc2c(c1)I([O-])OC2=O. The number of halogens is 1. The van der Waals surface area contributed by atoms with Gasteiger partial charge in [0.15, 0.2) is 0 Å². The van der Waals surface area contributed by atoms with E-state index in [1.54, 1.807) is 6.07 Å². The van der Waals surface area contributed by atoms with Crippen LogP contribution in [0.2, 0.25) is 0 Å². The molecule has 1 aromatic heterocycles. The minimum atomic E-state index is -2.91. The van der Waals surface area contributed by atoms with Gasteiger partial charge in [-0.25, -0.2) is 0 Å². The maximum absolute atomic E-state index is 11.8. The molecule has 27 heavy (non-hydrogen) atoms. The average Bonchev–Trinajstić information content (AvgIpc) is 2.95. The Bertz CT molecular complexity index is 564. The summed E-state index contributed by atoms with van der Waals surface area (Å²) in [4.78, 5) is 11.5. The van der Waals surface area contributed by atoms with Gasteiger partial charge in [0.25, 0.3) is 0 Å². The van der Waals surface area contributed by atoms with Gasteiger partial charge in [-0.3, -0.25) is 0 Å². The van der Waals surface area contributed by atoms with Gasteiger partial charge in [0.2, 0.25) is 0 Å². The molecule has 0 aliphatic carbocycles. The summed E-state index contributed by atoms with van der Waals surface area (Å²) in [5, 5.41) is 0. The summed E-state index contributed by atoms with van der Waals surface area (Å²) in [5.41, 5.74) is 0.493. The Hall–Kier alpha value is -0.690. The molecule has 0 bridgehead atoms. The summed E-state index contributed by atoms with van der Waals surface area (Å²) >= 11 is -2.91. The van der Waals surface area contributed by atoms with Gasteiger partial charge in [0.1, 0.15) is 0 Å². The fourth-order valence-electron chi connectivity index (χ4n) is 3.57. The fraction of sp³-hybridized carbons (Fsp3) is 0.727. The number of hydrogen-bond acceptors (Lipinski definition) is 3. The van der Waals surface area contributed by atoms with E-state index < -0.39 is 26.6 Å². The van der Waals surface area contributed by atoms with Crippen LogP contribution in [-0.4, -0.2) is 5.97 Å². The Balaban J connectivity index is 1.42. The molecular formula is C22H36INO3. The van der Waals surface area contributed by atoms with Crippen LogP contribution in [0.5, 0.6) is 0 Å². The predicted octanol–water partition coefficient (Wildman–Crippen LogP) is 5.49. The Kier molecular flexibility index (Phi) is 11.3. The van der Waals surface area contributed by atoms with E-state index >= 15 is 0 Å². The van der Waals surface area contributed by atoms with Gasteiger partial charge in [0.05, 0.1) is 0 Å². The Morgan fingerprint density at radius 3 is 1.96 bits per heavy atom. The van der Waals surface area contributed by atoms with Gasteiger partial charge < -0.3 is 0 Å². The van der Waals surface area contributed by atoms with Crippen molar-refractivity contribution in [3.8, 4) is 0 Å². The molecule has 0 saturated carbocycles. The van der Waals surface area contributed by atoms with Crippen LogP contribution < -0.4 is 8.00 Å². The third kappa shape index (κ3) is 8.46. The van der Waals surface area contributed by atoms with Crippen LogP contribution >= 0.6 is 20.6 Å². The van der Waals surface area contributed by atoms with E-state index in [2.05, 4.69) is 6.92 Å². The molecule has 0 aromatic carbocycles. The minimum absolute atomic E-state index is 0.422. The van der Waals surface area contributed by atoms with E-state index in [9.17, 15) is 8.23 Å². The van der Waals surface area contributed by atoms with Crippen molar-refractivity contribution in [2.24, 2.45) is 0 Å². The van der Waals surface area contributed by atoms with Crippen molar-refractivity contribution in [3.05, 3.63) is 27.6 Å². The second-order valence-electron chi connectivity index (χ2n) is 7.62. The zero-order valence-electron chi connectivity index (χ0n) is 16.9. The normalized spacial score (nSPS) is 14.4. The van der Waals surface area contributed by atoms with Crippen molar-refractivity contribution >= 4 is 26.6 Å². The molecule has 0 saturated heterocycles. The van der Waals surface area contributed by atoms with Crippen LogP contribution in [0.25, 0.3) is 0 Å². The summed E-state index contributed by atoms with van der Waals surface area (Å²) in [5.74, 6) is -0.422. The molecule has 4 nitrogen and oxygen atoms in total. The van der Waals surface area contributed by atoms with Crippen molar-refractivity contribution in [2.75, 3.05) is 0 Å². The molecule has 0 fully saturated rings. The Morgan fingerprint density at radius 2 is 1.41 bits per heavy atom. The number of aromatic nitrogens is 1. The monoisotopic (exact) mass is 489 g/mol. The van der Waals surface area contributed by atoms with Crippen molar-refractivity contribution in [1.82, 2.24) is 0 Å². The van der Waals surface area contributed by atoms with Crippen LogP contribution in [0.15, 0.2) is 18.5 Å². The summed E-state index contributed by atoms with van der Waals surface area (Å²) in [6.07, 6.45) is 22.8. The van der Waals surface area contributed by atoms with Gasteiger partial charge in [-0.2, -0.15) is 0 Å². The Labute approximate surface area is 173 Å². The first kappa shape index (κ1) is 22.6. The molecule has 5 heteroatoms. The predicted molar refractivity (Wildman–Crippen MR) is 115 cm³/mol. The third-order valence-corrected chi connectivity index (χ3v) is 7.87. The molecule has 0 N–H and O–H groups in total. The van der Waals surface area contributed by atoms with E-state index in [1.807, 2.05) is 17.0 Å². The van der Waals surface area contributed by atoms with E-state index in [1.165, 1.54) is 83.5 Å². The number of hydrogen-bond donors (Lipinski definition) is 0. The fourth-order valence-corrected chi connectivity index (χ4v) is 5.87. The molecule has 0 unspecified atom stereocenters. The zero-order chi connectivity index (χ0) is 19.3. The van der Waals surface area contributed by atoms with Crippen LogP contribution in [0.4, 0.5) is 0 Å². The second kappa shape index (κ2) is 13.5. The van der Waals surface area contributed by atoms with Gasteiger partial charge >= 0.3 is 128 Å². The van der Waals surface area contributed by atoms with E-state index in [0.717, 1.165) is 13.0 Å². The van der Waals surface area contributed by atoms with Crippen molar-refractivity contribution in [1.29, 1.82) is 0 Å². The molecule has 0 spiro atoms. The standard InChI is InChI=1S/C22H36INO3/c1-2-3-4-5-6-7-8-9-10-11-12-13-14-15-17-24-18-16-20-21(19-24)23(26)27-22(20)25/h16,18-19H,2-15,17H2,1H3. The number of carbonyl (C=O) groups excluding carboxylic acids is 1. The van der Waals surface area contributed by atoms with Gasteiger partial charge in [-0.05, 0) is 0 Å². The molecule has 2 heterocycles. The van der Waals surface area contributed by atoms with E-state index in [0.29, 0.717) is 9.13 Å². The number of unbranched alkanes of at least 4 members (excludes halogenated alkanes) is 13. The number of pyridine rings is 1. The molecule has 0 atom stereocenters. The molecule has 1 aromatic rings.